The molecule has 0 heterocycles. The van der Waals surface area contributed by atoms with E-state index >= 15 is 0 Å². The third-order valence-corrected chi connectivity index (χ3v) is 9.93. The number of benzene rings is 3. The Morgan fingerprint density at radius 2 is 0.929 bits per heavy atom. The molecular formula is C27H30P+. The fraction of sp³-hybridized carbons (Fsp3) is 0.259. The van der Waals surface area contributed by atoms with Crippen LogP contribution in [0.3, 0.4) is 0 Å². The van der Waals surface area contributed by atoms with Gasteiger partial charge in [-0.15, -0.1) is 12.3 Å². The minimum absolute atomic E-state index is 0.912. The van der Waals surface area contributed by atoms with Gasteiger partial charge in [-0.1, -0.05) is 67.4 Å². The van der Waals surface area contributed by atoms with Crippen LogP contribution in [0.15, 0.2) is 91.0 Å². The first-order valence-electron chi connectivity index (χ1n) is 10.4. The van der Waals surface area contributed by atoms with Gasteiger partial charge < -0.3 is 0 Å². The minimum Gasteiger partial charge on any atom is -0.120 e. The topological polar surface area (TPSA) is 0 Å². The lowest BCUT2D eigenvalue weighted by Gasteiger charge is -2.27. The van der Waals surface area contributed by atoms with Crippen LogP contribution in [0.25, 0.3) is 0 Å². The van der Waals surface area contributed by atoms with Crippen molar-refractivity contribution in [1.29, 1.82) is 0 Å². The van der Waals surface area contributed by atoms with Crippen LogP contribution >= 0.6 is 7.26 Å². The van der Waals surface area contributed by atoms with Crippen LogP contribution in [0, 0.1) is 12.3 Å². The third-order valence-electron chi connectivity index (χ3n) is 5.41. The standard InChI is InChI=1S/C27H30P/c1-2-3-4-5-6-7-17-24-28(25-18-11-8-12-19-25,26-20-13-9-14-21-26)27-22-15-10-16-23-27/h1,8-16,18-23H,3-7,17,24H2/q+1. The summed E-state index contributed by atoms with van der Waals surface area (Å²) in [6, 6.07) is 33.5. The summed E-state index contributed by atoms with van der Waals surface area (Å²) in [5.41, 5.74) is 0. The summed E-state index contributed by atoms with van der Waals surface area (Å²) < 4.78 is 0. The molecule has 0 aromatic heterocycles. The highest BCUT2D eigenvalue weighted by atomic mass is 31.2. The molecule has 0 radical (unpaired) electrons. The van der Waals surface area contributed by atoms with Gasteiger partial charge in [0.25, 0.3) is 0 Å². The monoisotopic (exact) mass is 385 g/mol. The molecule has 0 saturated heterocycles. The first kappa shape index (κ1) is 20.4. The smallest absolute Gasteiger partial charge is 0.112 e. The van der Waals surface area contributed by atoms with E-state index in [4.69, 9.17) is 6.42 Å². The van der Waals surface area contributed by atoms with Gasteiger partial charge >= 0.3 is 0 Å². The van der Waals surface area contributed by atoms with Gasteiger partial charge in [0.05, 0.1) is 6.16 Å². The van der Waals surface area contributed by atoms with Crippen molar-refractivity contribution in [2.24, 2.45) is 0 Å². The van der Waals surface area contributed by atoms with Gasteiger partial charge in [-0.3, -0.25) is 0 Å². The van der Waals surface area contributed by atoms with E-state index in [0.717, 1.165) is 12.8 Å². The molecule has 0 nitrogen and oxygen atoms in total. The molecule has 0 saturated carbocycles. The summed E-state index contributed by atoms with van der Waals surface area (Å²) in [5, 5.41) is 4.46. The van der Waals surface area contributed by atoms with Gasteiger partial charge in [0.2, 0.25) is 0 Å². The highest BCUT2D eigenvalue weighted by Crippen LogP contribution is 2.55. The summed E-state index contributed by atoms with van der Waals surface area (Å²) in [7, 11) is -1.65. The zero-order valence-corrected chi connectivity index (χ0v) is 17.5. The second-order valence-electron chi connectivity index (χ2n) is 7.26. The maximum atomic E-state index is 5.37. The van der Waals surface area contributed by atoms with Crippen molar-refractivity contribution in [3.8, 4) is 12.3 Å². The summed E-state index contributed by atoms with van der Waals surface area (Å²) >= 11 is 0. The van der Waals surface area contributed by atoms with Crippen LogP contribution in [-0.2, 0) is 0 Å². The fourth-order valence-electron chi connectivity index (χ4n) is 3.99. The van der Waals surface area contributed by atoms with Crippen LogP contribution in [0.5, 0.6) is 0 Å². The first-order valence-corrected chi connectivity index (χ1v) is 12.3. The Morgan fingerprint density at radius 1 is 0.536 bits per heavy atom. The lowest BCUT2D eigenvalue weighted by atomic mass is 10.1. The first-order chi connectivity index (χ1) is 13.9. The van der Waals surface area contributed by atoms with Gasteiger partial charge in [0.15, 0.2) is 0 Å². The fourth-order valence-corrected chi connectivity index (χ4v) is 8.40. The Balaban J connectivity index is 1.92. The largest absolute Gasteiger partial charge is 0.120 e. The van der Waals surface area contributed by atoms with E-state index in [9.17, 15) is 0 Å². The van der Waals surface area contributed by atoms with Gasteiger partial charge in [-0.2, -0.15) is 0 Å². The molecule has 1 heteroatoms. The van der Waals surface area contributed by atoms with E-state index in [2.05, 4.69) is 96.9 Å². The van der Waals surface area contributed by atoms with E-state index in [0.29, 0.717) is 0 Å². The quantitative estimate of drug-likeness (QED) is 0.230. The maximum absolute atomic E-state index is 5.37. The molecule has 0 aliphatic heterocycles. The lowest BCUT2D eigenvalue weighted by molar-refractivity contribution is 0.643. The Hall–Kier alpha value is -2.35. The Labute approximate surface area is 171 Å². The molecule has 0 aliphatic rings. The minimum atomic E-state index is -1.65. The van der Waals surface area contributed by atoms with Crippen molar-refractivity contribution in [3.63, 3.8) is 0 Å². The molecule has 0 bridgehead atoms. The second-order valence-corrected chi connectivity index (χ2v) is 10.9. The van der Waals surface area contributed by atoms with Crippen molar-refractivity contribution in [3.05, 3.63) is 91.0 Å². The summed E-state index contributed by atoms with van der Waals surface area (Å²) in [6.45, 7) is 0. The summed E-state index contributed by atoms with van der Waals surface area (Å²) in [4.78, 5) is 0. The molecule has 28 heavy (non-hydrogen) atoms. The van der Waals surface area contributed by atoms with Gasteiger partial charge in [0, 0.05) is 6.42 Å². The molecule has 0 atom stereocenters. The second kappa shape index (κ2) is 10.8. The molecule has 3 rings (SSSR count). The van der Waals surface area contributed by atoms with E-state index < -0.39 is 7.26 Å². The molecule has 0 fully saturated rings. The third kappa shape index (κ3) is 4.92. The molecule has 142 valence electrons. The van der Waals surface area contributed by atoms with Crippen molar-refractivity contribution in [1.82, 2.24) is 0 Å². The van der Waals surface area contributed by atoms with Crippen LogP contribution in [0.1, 0.15) is 38.5 Å². The van der Waals surface area contributed by atoms with E-state index in [1.807, 2.05) is 0 Å². The van der Waals surface area contributed by atoms with E-state index in [1.165, 1.54) is 47.8 Å². The van der Waals surface area contributed by atoms with Gasteiger partial charge in [0.1, 0.15) is 23.2 Å². The van der Waals surface area contributed by atoms with Crippen LogP contribution in [-0.4, -0.2) is 6.16 Å². The van der Waals surface area contributed by atoms with Crippen molar-refractivity contribution in [2.45, 2.75) is 38.5 Å². The molecule has 3 aromatic carbocycles. The summed E-state index contributed by atoms with van der Waals surface area (Å²) in [5.74, 6) is 2.75. The normalized spacial score (nSPS) is 11.1. The lowest BCUT2D eigenvalue weighted by Crippen LogP contribution is -2.33. The average molecular weight is 386 g/mol. The van der Waals surface area contributed by atoms with Gasteiger partial charge in [-0.05, 0) is 55.7 Å². The molecule has 0 aliphatic carbocycles. The molecule has 0 N–H and O–H groups in total. The van der Waals surface area contributed by atoms with E-state index in [-0.39, 0.29) is 0 Å². The van der Waals surface area contributed by atoms with Crippen LogP contribution < -0.4 is 15.9 Å². The molecule has 0 amide bonds. The maximum Gasteiger partial charge on any atom is 0.112 e. The molecule has 0 spiro atoms. The highest BCUT2D eigenvalue weighted by Gasteiger charge is 2.44. The number of unbranched alkanes of at least 4 members (excludes halogenated alkanes) is 5. The number of rotatable bonds is 10. The molecule has 3 aromatic rings. The van der Waals surface area contributed by atoms with Crippen molar-refractivity contribution >= 4 is 23.2 Å². The molecule has 0 unspecified atom stereocenters. The van der Waals surface area contributed by atoms with Gasteiger partial charge in [-0.25, -0.2) is 0 Å². The average Bonchev–Trinajstić information content (AvgIpc) is 2.78. The van der Waals surface area contributed by atoms with Crippen LogP contribution in [0.4, 0.5) is 0 Å². The highest BCUT2D eigenvalue weighted by molar-refractivity contribution is 7.95. The zero-order chi connectivity index (χ0) is 19.5. The number of hydrogen-bond donors (Lipinski definition) is 0. The predicted octanol–water partition coefficient (Wildman–Crippen LogP) is 5.95. The number of terminal acetylenes is 1. The van der Waals surface area contributed by atoms with Crippen molar-refractivity contribution in [2.75, 3.05) is 6.16 Å². The van der Waals surface area contributed by atoms with E-state index in [1.54, 1.807) is 0 Å². The Bertz CT molecular complexity index is 750. The SMILES string of the molecule is C#CCCCCCCC[P+](c1ccccc1)(c1ccccc1)c1ccccc1. The summed E-state index contributed by atoms with van der Waals surface area (Å²) in [6.07, 6.45) is 13.7. The van der Waals surface area contributed by atoms with Crippen LogP contribution in [0.2, 0.25) is 0 Å². The number of hydrogen-bond acceptors (Lipinski definition) is 0. The predicted molar refractivity (Wildman–Crippen MR) is 127 cm³/mol. The Kier molecular flexibility index (Phi) is 7.90. The zero-order valence-electron chi connectivity index (χ0n) is 16.6. The molecular weight excluding hydrogens is 355 g/mol. The Morgan fingerprint density at radius 3 is 1.36 bits per heavy atom. The van der Waals surface area contributed by atoms with Crippen molar-refractivity contribution < 1.29 is 0 Å².